The largest absolute Gasteiger partial charge is 0.462 e. The molecule has 6 atom stereocenters. The van der Waals surface area contributed by atoms with Gasteiger partial charge in [0.2, 0.25) is 0 Å². The van der Waals surface area contributed by atoms with Gasteiger partial charge in [-0.1, -0.05) is 27.7 Å². The topological polar surface area (TPSA) is 26.3 Å². The maximum Gasteiger partial charge on any atom is 0.302 e. The zero-order valence-corrected chi connectivity index (χ0v) is 13.0. The molecule has 0 heterocycles. The average molecular weight is 264 g/mol. The highest BCUT2D eigenvalue weighted by molar-refractivity contribution is 5.66. The Morgan fingerprint density at radius 1 is 1.16 bits per heavy atom. The fourth-order valence-electron chi connectivity index (χ4n) is 6.02. The van der Waals surface area contributed by atoms with E-state index in [9.17, 15) is 4.79 Å². The maximum atomic E-state index is 11.6. The molecule has 0 amide bonds. The zero-order valence-electron chi connectivity index (χ0n) is 13.0. The SMILES string of the molecule is CC(=O)O[C@@H]1[C@H]2[C@H](C(C)C)CC[C@]3(C)[C@H]2CC[C@]13C. The smallest absolute Gasteiger partial charge is 0.302 e. The molecule has 2 heteroatoms. The predicted octanol–water partition coefficient (Wildman–Crippen LogP) is 4.04. The van der Waals surface area contributed by atoms with Crippen molar-refractivity contribution in [1.29, 1.82) is 0 Å². The molecule has 0 aliphatic heterocycles. The van der Waals surface area contributed by atoms with Crippen LogP contribution in [0, 0.1) is 34.5 Å². The lowest BCUT2D eigenvalue weighted by Gasteiger charge is -2.43. The number of carbonyl (C=O) groups excluding carboxylic acids is 1. The second kappa shape index (κ2) is 3.99. The number of ether oxygens (including phenoxy) is 1. The molecule has 3 aliphatic carbocycles. The van der Waals surface area contributed by atoms with Crippen molar-refractivity contribution < 1.29 is 9.53 Å². The minimum atomic E-state index is -0.0875. The summed E-state index contributed by atoms with van der Waals surface area (Å²) in [6.07, 6.45) is 5.41. The van der Waals surface area contributed by atoms with Gasteiger partial charge in [0.25, 0.3) is 0 Å². The molecule has 0 spiro atoms. The second-order valence-corrected chi connectivity index (χ2v) is 8.03. The normalized spacial score (nSPS) is 51.7. The molecule has 0 unspecified atom stereocenters. The number of esters is 1. The van der Waals surface area contributed by atoms with E-state index < -0.39 is 0 Å². The molecule has 3 saturated carbocycles. The molecule has 3 aliphatic rings. The van der Waals surface area contributed by atoms with Crippen molar-refractivity contribution in [3.63, 3.8) is 0 Å². The molecule has 3 rings (SSSR count). The van der Waals surface area contributed by atoms with Crippen LogP contribution in [-0.2, 0) is 9.53 Å². The first-order chi connectivity index (χ1) is 8.81. The summed E-state index contributed by atoms with van der Waals surface area (Å²) < 4.78 is 5.87. The van der Waals surface area contributed by atoms with Crippen LogP contribution in [0.1, 0.15) is 60.3 Å². The Balaban J connectivity index is 2.01. The van der Waals surface area contributed by atoms with Crippen LogP contribution in [0.4, 0.5) is 0 Å². The van der Waals surface area contributed by atoms with Gasteiger partial charge in [0, 0.05) is 18.3 Å². The van der Waals surface area contributed by atoms with E-state index in [0.29, 0.717) is 17.3 Å². The van der Waals surface area contributed by atoms with E-state index in [1.165, 1.54) is 25.7 Å². The Hall–Kier alpha value is -0.530. The molecule has 0 N–H and O–H groups in total. The van der Waals surface area contributed by atoms with E-state index >= 15 is 0 Å². The van der Waals surface area contributed by atoms with Crippen molar-refractivity contribution in [1.82, 2.24) is 0 Å². The van der Waals surface area contributed by atoms with Crippen LogP contribution in [0.2, 0.25) is 0 Å². The fraction of sp³-hybridized carbons (Fsp3) is 0.941. The first-order valence-electron chi connectivity index (χ1n) is 7.98. The Morgan fingerprint density at radius 3 is 2.37 bits per heavy atom. The maximum absolute atomic E-state index is 11.6. The van der Waals surface area contributed by atoms with Crippen LogP contribution in [0.25, 0.3) is 0 Å². The van der Waals surface area contributed by atoms with Gasteiger partial charge >= 0.3 is 5.97 Å². The highest BCUT2D eigenvalue weighted by atomic mass is 16.5. The van der Waals surface area contributed by atoms with Crippen molar-refractivity contribution in [2.24, 2.45) is 34.5 Å². The van der Waals surface area contributed by atoms with Crippen LogP contribution in [0.5, 0.6) is 0 Å². The Morgan fingerprint density at radius 2 is 1.79 bits per heavy atom. The summed E-state index contributed by atoms with van der Waals surface area (Å²) in [5.74, 6) is 2.75. The highest BCUT2D eigenvalue weighted by Gasteiger charge is 2.72. The number of hydrogen-bond acceptors (Lipinski definition) is 2. The minimum absolute atomic E-state index is 0.0875. The summed E-state index contributed by atoms with van der Waals surface area (Å²) in [5.41, 5.74) is 0.626. The third-order valence-corrected chi connectivity index (χ3v) is 7.18. The standard InChI is InChI=1S/C17H28O2/c1-10(2)12-6-8-16(4)13-7-9-17(16,5)15(14(12)13)19-11(3)18/h10,12-15H,6-9H2,1-5H3/t12-,13-,14-,15+,16+,17+/m0/s1. The summed E-state index contributed by atoms with van der Waals surface area (Å²) in [7, 11) is 0. The molecular formula is C17H28O2. The van der Waals surface area contributed by atoms with Crippen molar-refractivity contribution in [2.45, 2.75) is 66.4 Å². The van der Waals surface area contributed by atoms with Crippen LogP contribution >= 0.6 is 0 Å². The lowest BCUT2D eigenvalue weighted by atomic mass is 9.61. The van der Waals surface area contributed by atoms with Gasteiger partial charge in [0.15, 0.2) is 0 Å². The van der Waals surface area contributed by atoms with E-state index in [1.54, 1.807) is 6.92 Å². The van der Waals surface area contributed by atoms with Crippen LogP contribution in [-0.4, -0.2) is 12.1 Å². The van der Waals surface area contributed by atoms with E-state index in [4.69, 9.17) is 4.74 Å². The monoisotopic (exact) mass is 264 g/mol. The predicted molar refractivity (Wildman–Crippen MR) is 75.5 cm³/mol. The lowest BCUT2D eigenvalue weighted by Crippen LogP contribution is -2.42. The van der Waals surface area contributed by atoms with Crippen LogP contribution in [0.15, 0.2) is 0 Å². The molecule has 0 aromatic carbocycles. The van der Waals surface area contributed by atoms with Crippen LogP contribution < -0.4 is 0 Å². The average Bonchev–Trinajstić information content (AvgIpc) is 2.62. The molecular weight excluding hydrogens is 236 g/mol. The van der Waals surface area contributed by atoms with Gasteiger partial charge in [-0.3, -0.25) is 4.79 Å². The molecule has 0 saturated heterocycles. The third kappa shape index (κ3) is 1.52. The zero-order chi connectivity index (χ0) is 14.0. The van der Waals surface area contributed by atoms with E-state index in [0.717, 1.165) is 11.8 Å². The summed E-state index contributed by atoms with van der Waals surface area (Å²) in [4.78, 5) is 11.6. The van der Waals surface area contributed by atoms with Gasteiger partial charge in [-0.05, 0) is 48.9 Å². The molecule has 0 aromatic rings. The number of rotatable bonds is 2. The molecule has 3 fully saturated rings. The molecule has 0 radical (unpaired) electrons. The fourth-order valence-corrected chi connectivity index (χ4v) is 6.02. The van der Waals surface area contributed by atoms with E-state index in [-0.39, 0.29) is 17.5 Å². The van der Waals surface area contributed by atoms with E-state index in [2.05, 4.69) is 27.7 Å². The van der Waals surface area contributed by atoms with Gasteiger partial charge in [-0.2, -0.15) is 0 Å². The summed E-state index contributed by atoms with van der Waals surface area (Å²) in [5, 5.41) is 0. The van der Waals surface area contributed by atoms with Crippen molar-refractivity contribution in [3.05, 3.63) is 0 Å². The van der Waals surface area contributed by atoms with Gasteiger partial charge in [-0.15, -0.1) is 0 Å². The molecule has 4 bridgehead atoms. The Bertz CT molecular complexity index is 402. The molecule has 2 nitrogen and oxygen atoms in total. The second-order valence-electron chi connectivity index (χ2n) is 8.03. The summed E-state index contributed by atoms with van der Waals surface area (Å²) in [6.45, 7) is 11.1. The first-order valence-corrected chi connectivity index (χ1v) is 7.98. The number of hydrogen-bond donors (Lipinski definition) is 0. The van der Waals surface area contributed by atoms with Crippen LogP contribution in [0.3, 0.4) is 0 Å². The summed E-state index contributed by atoms with van der Waals surface area (Å²) >= 11 is 0. The highest BCUT2D eigenvalue weighted by Crippen LogP contribution is 2.74. The van der Waals surface area contributed by atoms with Crippen molar-refractivity contribution in [3.8, 4) is 0 Å². The van der Waals surface area contributed by atoms with Gasteiger partial charge < -0.3 is 4.74 Å². The van der Waals surface area contributed by atoms with E-state index in [1.807, 2.05) is 0 Å². The first kappa shape index (κ1) is 13.5. The third-order valence-electron chi connectivity index (χ3n) is 7.18. The van der Waals surface area contributed by atoms with Crippen molar-refractivity contribution in [2.75, 3.05) is 0 Å². The lowest BCUT2D eigenvalue weighted by molar-refractivity contribution is -0.159. The van der Waals surface area contributed by atoms with Gasteiger partial charge in [0.05, 0.1) is 0 Å². The molecule has 0 aromatic heterocycles. The Kier molecular flexibility index (Phi) is 2.82. The Labute approximate surface area is 117 Å². The van der Waals surface area contributed by atoms with Gasteiger partial charge in [0.1, 0.15) is 6.10 Å². The number of carbonyl (C=O) groups is 1. The van der Waals surface area contributed by atoms with Gasteiger partial charge in [-0.25, -0.2) is 0 Å². The molecule has 108 valence electrons. The summed E-state index contributed by atoms with van der Waals surface area (Å²) in [6, 6.07) is 0. The molecule has 19 heavy (non-hydrogen) atoms. The van der Waals surface area contributed by atoms with Crippen molar-refractivity contribution >= 4 is 5.97 Å². The minimum Gasteiger partial charge on any atom is -0.462 e. The quantitative estimate of drug-likeness (QED) is 0.704.